The second-order valence-electron chi connectivity index (χ2n) is 9.08. The van der Waals surface area contributed by atoms with Gasteiger partial charge >= 0.3 is 12.4 Å². The molecule has 0 aromatic heterocycles. The number of carbonyl (C=O) groups is 3. The summed E-state index contributed by atoms with van der Waals surface area (Å²) in [5.41, 5.74) is 6.72. The Hall–Kier alpha value is -3.48. The Balaban J connectivity index is 1.91. The average Bonchev–Trinajstić information content (AvgIpc) is 2.96. The molecule has 2 aromatic rings. The summed E-state index contributed by atoms with van der Waals surface area (Å²) in [5, 5.41) is 5.42. The zero-order chi connectivity index (χ0) is 29.0. The lowest BCUT2D eigenvalue weighted by atomic mass is 9.83. The van der Waals surface area contributed by atoms with Crippen LogP contribution in [0.25, 0.3) is 0 Å². The van der Waals surface area contributed by atoms with E-state index in [0.29, 0.717) is 22.1 Å². The van der Waals surface area contributed by atoms with Crippen molar-refractivity contribution in [3.05, 3.63) is 53.6 Å². The van der Waals surface area contributed by atoms with Crippen LogP contribution >= 0.6 is 11.6 Å². The Morgan fingerprint density at radius 2 is 1.54 bits per heavy atom. The fraction of sp³-hybridized carbons (Fsp3) is 0.400. The van der Waals surface area contributed by atoms with Gasteiger partial charge in [0.05, 0.1) is 17.9 Å². The minimum atomic E-state index is -4.75. The fourth-order valence-corrected chi connectivity index (χ4v) is 4.47. The van der Waals surface area contributed by atoms with Crippen LogP contribution < -0.4 is 21.3 Å². The molecule has 1 aliphatic rings. The van der Waals surface area contributed by atoms with Gasteiger partial charge in [-0.1, -0.05) is 23.7 Å². The first-order valence-electron chi connectivity index (χ1n) is 11.8. The van der Waals surface area contributed by atoms with Crippen molar-refractivity contribution in [2.75, 3.05) is 16.8 Å². The largest absolute Gasteiger partial charge is 0.389 e. The summed E-state index contributed by atoms with van der Waals surface area (Å²) >= 11 is 5.98. The van der Waals surface area contributed by atoms with Gasteiger partial charge < -0.3 is 21.3 Å². The van der Waals surface area contributed by atoms with Crippen molar-refractivity contribution in [2.24, 2.45) is 17.6 Å². The zero-order valence-electron chi connectivity index (χ0n) is 20.3. The van der Waals surface area contributed by atoms with Gasteiger partial charge in [0.15, 0.2) is 0 Å². The number of nitrogens with one attached hydrogen (secondary N) is 2. The summed E-state index contributed by atoms with van der Waals surface area (Å²) in [5.74, 6) is -6.94. The highest BCUT2D eigenvalue weighted by molar-refractivity contribution is 6.30. The fourth-order valence-electron chi connectivity index (χ4n) is 4.35. The summed E-state index contributed by atoms with van der Waals surface area (Å²) in [4.78, 5) is 40.0. The number of anilines is 3. The van der Waals surface area contributed by atoms with Gasteiger partial charge in [0, 0.05) is 35.4 Å². The van der Waals surface area contributed by atoms with Crippen molar-refractivity contribution in [2.45, 2.75) is 44.1 Å². The Morgan fingerprint density at radius 3 is 2.10 bits per heavy atom. The van der Waals surface area contributed by atoms with Crippen LogP contribution in [0.1, 0.15) is 25.7 Å². The molecule has 3 amide bonds. The van der Waals surface area contributed by atoms with Crippen LogP contribution in [0.5, 0.6) is 0 Å². The quantitative estimate of drug-likeness (QED) is 0.350. The predicted octanol–water partition coefficient (Wildman–Crippen LogP) is 5.32. The number of para-hydroxylation sites is 2. The third-order valence-electron chi connectivity index (χ3n) is 6.25. The van der Waals surface area contributed by atoms with E-state index in [1.165, 1.54) is 0 Å². The van der Waals surface area contributed by atoms with Crippen molar-refractivity contribution in [3.63, 3.8) is 0 Å². The molecule has 1 heterocycles. The van der Waals surface area contributed by atoms with Crippen molar-refractivity contribution >= 4 is 46.4 Å². The molecule has 3 rings (SSSR count). The summed E-state index contributed by atoms with van der Waals surface area (Å²) in [7, 11) is 0. The molecule has 39 heavy (non-hydrogen) atoms. The maximum absolute atomic E-state index is 13.2. The third kappa shape index (κ3) is 8.50. The monoisotopic (exact) mass is 578 g/mol. The number of nitrogens with two attached hydrogens (primary N) is 1. The van der Waals surface area contributed by atoms with Gasteiger partial charge in [-0.25, -0.2) is 0 Å². The molecule has 3 atom stereocenters. The molecule has 0 bridgehead atoms. The second kappa shape index (κ2) is 12.1. The first-order valence-corrected chi connectivity index (χ1v) is 12.2. The third-order valence-corrected chi connectivity index (χ3v) is 6.51. The zero-order valence-corrected chi connectivity index (χ0v) is 21.0. The Kier molecular flexibility index (Phi) is 9.36. The molecular weight excluding hydrogens is 554 g/mol. The van der Waals surface area contributed by atoms with Gasteiger partial charge in [-0.05, 0) is 49.2 Å². The molecule has 0 aliphatic carbocycles. The highest BCUT2D eigenvalue weighted by atomic mass is 35.5. The lowest BCUT2D eigenvalue weighted by Gasteiger charge is -2.29. The van der Waals surface area contributed by atoms with Crippen LogP contribution in [0.4, 0.5) is 43.4 Å². The van der Waals surface area contributed by atoms with E-state index in [1.54, 1.807) is 53.4 Å². The molecule has 7 nitrogen and oxygen atoms in total. The Bertz CT molecular complexity index is 1190. The van der Waals surface area contributed by atoms with Crippen LogP contribution in [-0.2, 0) is 14.4 Å². The van der Waals surface area contributed by atoms with Crippen LogP contribution in [0, 0.1) is 11.8 Å². The van der Waals surface area contributed by atoms with E-state index in [4.69, 9.17) is 17.3 Å². The van der Waals surface area contributed by atoms with Crippen LogP contribution in [0.15, 0.2) is 48.5 Å². The smallest absolute Gasteiger partial charge is 0.369 e. The molecule has 0 fully saturated rings. The number of primary amides is 1. The number of carbonyl (C=O) groups excluding carboxylic acids is 3. The number of amides is 3. The molecule has 0 radical (unpaired) electrons. The van der Waals surface area contributed by atoms with E-state index in [9.17, 15) is 40.7 Å². The summed E-state index contributed by atoms with van der Waals surface area (Å²) < 4.78 is 77.6. The van der Waals surface area contributed by atoms with E-state index in [0.717, 1.165) is 0 Å². The van der Waals surface area contributed by atoms with Gasteiger partial charge in [0.2, 0.25) is 17.7 Å². The summed E-state index contributed by atoms with van der Waals surface area (Å²) in [6.45, 7) is -0.188. The molecule has 212 valence electrons. The Morgan fingerprint density at radius 1 is 0.974 bits per heavy atom. The predicted molar refractivity (Wildman–Crippen MR) is 132 cm³/mol. The maximum atomic E-state index is 13.2. The number of benzene rings is 2. The number of rotatable bonds is 9. The van der Waals surface area contributed by atoms with Crippen molar-refractivity contribution in [3.8, 4) is 0 Å². The first kappa shape index (κ1) is 30.1. The molecule has 0 saturated carbocycles. The first-order chi connectivity index (χ1) is 18.1. The maximum Gasteiger partial charge on any atom is 0.389 e. The van der Waals surface area contributed by atoms with Crippen LogP contribution in [0.3, 0.4) is 0 Å². The number of fused-ring (bicyclic) bond motifs is 1. The normalized spacial score (nSPS) is 17.5. The van der Waals surface area contributed by atoms with Gasteiger partial charge in [-0.15, -0.1) is 0 Å². The number of hydrogen-bond acceptors (Lipinski definition) is 4. The minimum absolute atomic E-state index is 0.188. The average molecular weight is 579 g/mol. The lowest BCUT2D eigenvalue weighted by molar-refractivity contribution is -0.152. The standard InChI is InChI=1S/C25H25ClF6N4O3/c26-14-5-7-15(8-6-14)36-13-19(23(39)34-18-3-1-2-4-20(18)36)35-22(38)17(10-12-25(30,31)32)16(21(33)37)9-11-24(27,28)29/h1-8,16-17,19H,9-13H2,(H2,33,37)(H,34,39)(H,35,38)/t16-,17+,19-/m0/s1. The van der Waals surface area contributed by atoms with E-state index < -0.39 is 73.6 Å². The topological polar surface area (TPSA) is 105 Å². The lowest BCUT2D eigenvalue weighted by Crippen LogP contribution is -2.52. The van der Waals surface area contributed by atoms with Crippen LogP contribution in [-0.4, -0.2) is 42.7 Å². The number of halogens is 7. The molecule has 4 N–H and O–H groups in total. The highest BCUT2D eigenvalue weighted by Crippen LogP contribution is 2.36. The van der Waals surface area contributed by atoms with Gasteiger partial charge in [-0.2, -0.15) is 26.3 Å². The van der Waals surface area contributed by atoms with E-state index in [-0.39, 0.29) is 6.54 Å². The van der Waals surface area contributed by atoms with Crippen LogP contribution in [0.2, 0.25) is 5.02 Å². The van der Waals surface area contributed by atoms with E-state index in [2.05, 4.69) is 10.6 Å². The molecular formula is C25H25ClF6N4O3. The van der Waals surface area contributed by atoms with Crippen molar-refractivity contribution in [1.29, 1.82) is 0 Å². The highest BCUT2D eigenvalue weighted by Gasteiger charge is 2.41. The van der Waals surface area contributed by atoms with Crippen molar-refractivity contribution in [1.82, 2.24) is 5.32 Å². The number of alkyl halides is 6. The van der Waals surface area contributed by atoms with E-state index in [1.807, 2.05) is 0 Å². The minimum Gasteiger partial charge on any atom is -0.369 e. The SMILES string of the molecule is NC(=O)[C@@H](CCC(F)(F)F)[C@@H](CCC(F)(F)F)C(=O)N[C@H]1CN(c2ccc(Cl)cc2)c2ccccc2NC1=O. The van der Waals surface area contributed by atoms with Gasteiger partial charge in [0.1, 0.15) is 6.04 Å². The van der Waals surface area contributed by atoms with E-state index >= 15 is 0 Å². The summed E-state index contributed by atoms with van der Waals surface area (Å²) in [6.07, 6.45) is -14.5. The molecule has 1 aliphatic heterocycles. The molecule has 0 unspecified atom stereocenters. The Labute approximate surface area is 224 Å². The molecule has 14 heteroatoms. The second-order valence-corrected chi connectivity index (χ2v) is 9.51. The summed E-state index contributed by atoms with van der Waals surface area (Å²) in [6, 6.07) is 11.8. The molecule has 0 spiro atoms. The van der Waals surface area contributed by atoms with Gasteiger partial charge in [-0.3, -0.25) is 14.4 Å². The molecule has 0 saturated heterocycles. The number of nitrogens with zero attached hydrogens (tertiary/aromatic N) is 1. The van der Waals surface area contributed by atoms with Gasteiger partial charge in [0.25, 0.3) is 0 Å². The molecule has 2 aromatic carbocycles. The van der Waals surface area contributed by atoms with Crippen molar-refractivity contribution < 1.29 is 40.7 Å². The number of hydrogen-bond donors (Lipinski definition) is 3.